The molecule has 0 amide bonds. The number of benzene rings is 1. The quantitative estimate of drug-likeness (QED) is 0.737. The summed E-state index contributed by atoms with van der Waals surface area (Å²) in [5.41, 5.74) is 2.90. The van der Waals surface area contributed by atoms with Crippen LogP contribution in [-0.2, 0) is 0 Å². The number of hydrogen-bond acceptors (Lipinski definition) is 1. The predicted molar refractivity (Wildman–Crippen MR) is 65.1 cm³/mol. The Morgan fingerprint density at radius 3 is 2.80 bits per heavy atom. The minimum atomic E-state index is 0.197. The highest BCUT2D eigenvalue weighted by Crippen LogP contribution is 2.24. The van der Waals surface area contributed by atoms with E-state index >= 15 is 0 Å². The molecule has 0 radical (unpaired) electrons. The zero-order valence-corrected chi connectivity index (χ0v) is 10.3. The van der Waals surface area contributed by atoms with Crippen molar-refractivity contribution in [1.82, 2.24) is 0 Å². The molecule has 0 fully saturated rings. The predicted octanol–water partition coefficient (Wildman–Crippen LogP) is 4.05. The summed E-state index contributed by atoms with van der Waals surface area (Å²) in [6, 6.07) is 5.78. The molecule has 0 unspecified atom stereocenters. The summed E-state index contributed by atoms with van der Waals surface area (Å²) >= 11 is 3.44. The summed E-state index contributed by atoms with van der Waals surface area (Å²) in [7, 11) is 0. The lowest BCUT2D eigenvalue weighted by Crippen LogP contribution is -2.01. The minimum Gasteiger partial charge on any atom is -0.289 e. The van der Waals surface area contributed by atoms with Gasteiger partial charge in [-0.1, -0.05) is 22.0 Å². The Morgan fingerprint density at radius 1 is 1.40 bits per heavy atom. The second-order valence-electron chi connectivity index (χ2n) is 3.91. The fourth-order valence-corrected chi connectivity index (χ4v) is 2.10. The third-order valence-electron chi connectivity index (χ3n) is 2.75. The van der Waals surface area contributed by atoms with Crippen molar-refractivity contribution < 1.29 is 4.79 Å². The SMILES string of the molecule is Cc1cc(C(=O)C2=CCCC2)ccc1Br. The number of hydrogen-bond donors (Lipinski definition) is 0. The van der Waals surface area contributed by atoms with Gasteiger partial charge in [0.15, 0.2) is 5.78 Å². The molecular formula is C13H13BrO. The van der Waals surface area contributed by atoms with Crippen LogP contribution < -0.4 is 0 Å². The average Bonchev–Trinajstić information content (AvgIpc) is 2.74. The third-order valence-corrected chi connectivity index (χ3v) is 3.64. The van der Waals surface area contributed by atoms with Gasteiger partial charge in [0, 0.05) is 10.0 Å². The van der Waals surface area contributed by atoms with Gasteiger partial charge in [0.1, 0.15) is 0 Å². The minimum absolute atomic E-state index is 0.197. The van der Waals surface area contributed by atoms with Gasteiger partial charge in [-0.2, -0.15) is 0 Å². The van der Waals surface area contributed by atoms with E-state index in [-0.39, 0.29) is 5.78 Å². The van der Waals surface area contributed by atoms with Crippen molar-refractivity contribution in [2.24, 2.45) is 0 Å². The van der Waals surface area contributed by atoms with Gasteiger partial charge >= 0.3 is 0 Å². The van der Waals surface area contributed by atoms with Crippen LogP contribution in [0.25, 0.3) is 0 Å². The van der Waals surface area contributed by atoms with Gasteiger partial charge in [0.25, 0.3) is 0 Å². The fourth-order valence-electron chi connectivity index (χ4n) is 1.85. The van der Waals surface area contributed by atoms with Crippen LogP contribution in [0.3, 0.4) is 0 Å². The molecule has 1 aromatic rings. The van der Waals surface area contributed by atoms with Gasteiger partial charge in [0.05, 0.1) is 0 Å². The topological polar surface area (TPSA) is 17.1 Å². The monoisotopic (exact) mass is 264 g/mol. The molecule has 0 aromatic heterocycles. The fraction of sp³-hybridized carbons (Fsp3) is 0.308. The maximum atomic E-state index is 12.0. The molecule has 0 saturated carbocycles. The molecule has 0 saturated heterocycles. The van der Waals surface area contributed by atoms with E-state index in [1.807, 2.05) is 25.1 Å². The highest BCUT2D eigenvalue weighted by Gasteiger charge is 2.15. The second kappa shape index (κ2) is 4.31. The van der Waals surface area contributed by atoms with E-state index in [0.29, 0.717) is 0 Å². The van der Waals surface area contributed by atoms with E-state index in [0.717, 1.165) is 40.4 Å². The van der Waals surface area contributed by atoms with Crippen LogP contribution >= 0.6 is 15.9 Å². The highest BCUT2D eigenvalue weighted by atomic mass is 79.9. The smallest absolute Gasteiger partial charge is 0.188 e. The average molecular weight is 265 g/mol. The van der Waals surface area contributed by atoms with Crippen LogP contribution in [0.15, 0.2) is 34.3 Å². The summed E-state index contributed by atoms with van der Waals surface area (Å²) in [6.07, 6.45) is 5.18. The largest absolute Gasteiger partial charge is 0.289 e. The lowest BCUT2D eigenvalue weighted by atomic mass is 10.0. The van der Waals surface area contributed by atoms with Gasteiger partial charge in [-0.15, -0.1) is 0 Å². The van der Waals surface area contributed by atoms with Crippen LogP contribution in [0.5, 0.6) is 0 Å². The zero-order chi connectivity index (χ0) is 10.8. The van der Waals surface area contributed by atoms with E-state index in [1.54, 1.807) is 0 Å². The van der Waals surface area contributed by atoms with E-state index in [4.69, 9.17) is 0 Å². The molecule has 78 valence electrons. The lowest BCUT2D eigenvalue weighted by Gasteiger charge is -2.04. The first-order valence-electron chi connectivity index (χ1n) is 5.18. The third kappa shape index (κ3) is 2.20. The molecule has 0 aliphatic heterocycles. The first-order chi connectivity index (χ1) is 7.18. The molecule has 1 aliphatic carbocycles. The van der Waals surface area contributed by atoms with Crippen molar-refractivity contribution in [2.75, 3.05) is 0 Å². The van der Waals surface area contributed by atoms with E-state index in [9.17, 15) is 4.79 Å². The van der Waals surface area contributed by atoms with Crippen molar-refractivity contribution in [3.63, 3.8) is 0 Å². The molecule has 0 spiro atoms. The van der Waals surface area contributed by atoms with Crippen molar-refractivity contribution in [2.45, 2.75) is 26.2 Å². The molecule has 2 heteroatoms. The molecule has 1 nitrogen and oxygen atoms in total. The zero-order valence-electron chi connectivity index (χ0n) is 8.72. The number of rotatable bonds is 2. The maximum absolute atomic E-state index is 12.0. The van der Waals surface area contributed by atoms with Gasteiger partial charge in [-0.3, -0.25) is 4.79 Å². The second-order valence-corrected chi connectivity index (χ2v) is 4.77. The summed E-state index contributed by atoms with van der Waals surface area (Å²) in [4.78, 5) is 12.0. The molecule has 0 atom stereocenters. The van der Waals surface area contributed by atoms with E-state index < -0.39 is 0 Å². The number of carbonyl (C=O) groups excluding carboxylic acids is 1. The number of allylic oxidation sites excluding steroid dienone is 2. The van der Waals surface area contributed by atoms with Crippen molar-refractivity contribution in [3.8, 4) is 0 Å². The molecule has 2 rings (SSSR count). The molecular weight excluding hydrogens is 252 g/mol. The Balaban J connectivity index is 2.29. The summed E-state index contributed by atoms with van der Waals surface area (Å²) in [6.45, 7) is 2.00. The number of halogens is 1. The number of ketones is 1. The normalized spacial score (nSPS) is 15.2. The molecule has 1 aromatic carbocycles. The Morgan fingerprint density at radius 2 is 2.20 bits per heavy atom. The molecule has 15 heavy (non-hydrogen) atoms. The van der Waals surface area contributed by atoms with Crippen LogP contribution in [-0.4, -0.2) is 5.78 Å². The molecule has 0 bridgehead atoms. The van der Waals surface area contributed by atoms with Gasteiger partial charge in [0.2, 0.25) is 0 Å². The van der Waals surface area contributed by atoms with Crippen molar-refractivity contribution in [1.29, 1.82) is 0 Å². The van der Waals surface area contributed by atoms with Crippen LogP contribution in [0.1, 0.15) is 35.2 Å². The standard InChI is InChI=1S/C13H13BrO/c1-9-8-11(6-7-12(9)14)13(15)10-4-2-3-5-10/h4,6-8H,2-3,5H2,1H3. The Labute approximate surface area is 98.3 Å². The van der Waals surface area contributed by atoms with Crippen LogP contribution in [0, 0.1) is 6.92 Å². The maximum Gasteiger partial charge on any atom is 0.188 e. The Bertz CT molecular complexity index is 432. The summed E-state index contributed by atoms with van der Waals surface area (Å²) in [5.74, 6) is 0.197. The highest BCUT2D eigenvalue weighted by molar-refractivity contribution is 9.10. The van der Waals surface area contributed by atoms with Crippen LogP contribution in [0.4, 0.5) is 0 Å². The summed E-state index contributed by atoms with van der Waals surface area (Å²) < 4.78 is 1.06. The number of Topliss-reactive ketones (excluding diaryl/α,β-unsaturated/α-hetero) is 1. The first-order valence-corrected chi connectivity index (χ1v) is 5.97. The van der Waals surface area contributed by atoms with Gasteiger partial charge < -0.3 is 0 Å². The van der Waals surface area contributed by atoms with Gasteiger partial charge in [-0.05, 0) is 55.5 Å². The lowest BCUT2D eigenvalue weighted by molar-refractivity contribution is 0.103. The molecule has 1 aliphatic rings. The summed E-state index contributed by atoms with van der Waals surface area (Å²) in [5, 5.41) is 0. The van der Waals surface area contributed by atoms with E-state index in [2.05, 4.69) is 22.0 Å². The number of aryl methyl sites for hydroxylation is 1. The Kier molecular flexibility index (Phi) is 3.06. The van der Waals surface area contributed by atoms with E-state index in [1.165, 1.54) is 0 Å². The van der Waals surface area contributed by atoms with Crippen molar-refractivity contribution in [3.05, 3.63) is 45.4 Å². The molecule has 0 N–H and O–H groups in total. The Hall–Kier alpha value is -0.890. The van der Waals surface area contributed by atoms with Gasteiger partial charge in [-0.25, -0.2) is 0 Å². The van der Waals surface area contributed by atoms with Crippen LogP contribution in [0.2, 0.25) is 0 Å². The number of carbonyl (C=O) groups is 1. The van der Waals surface area contributed by atoms with Crippen molar-refractivity contribution >= 4 is 21.7 Å². The molecule has 0 heterocycles. The first kappa shape index (κ1) is 10.6.